The highest BCUT2D eigenvalue weighted by atomic mass is 79.9. The van der Waals surface area contributed by atoms with Crippen LogP contribution in [0.4, 0.5) is 0 Å². The zero-order valence-corrected chi connectivity index (χ0v) is 13.6. The van der Waals surface area contributed by atoms with Crippen molar-refractivity contribution in [1.82, 2.24) is 0 Å². The molecular formula is C15H13BrN2O4. The van der Waals surface area contributed by atoms with Crippen LogP contribution in [-0.4, -0.2) is 26.3 Å². The Morgan fingerprint density at radius 1 is 1.41 bits per heavy atom. The van der Waals surface area contributed by atoms with Gasteiger partial charge in [-0.05, 0) is 46.6 Å². The molecule has 0 spiro atoms. The van der Waals surface area contributed by atoms with Gasteiger partial charge < -0.3 is 14.2 Å². The lowest BCUT2D eigenvalue weighted by Crippen LogP contribution is -2.06. The molecular weight excluding hydrogens is 352 g/mol. The predicted molar refractivity (Wildman–Crippen MR) is 82.0 cm³/mol. The summed E-state index contributed by atoms with van der Waals surface area (Å²) in [5, 5.41) is 17.6. The number of hydrogen-bond donors (Lipinski definition) is 0. The van der Waals surface area contributed by atoms with E-state index in [0.29, 0.717) is 21.5 Å². The minimum Gasteiger partial charge on any atom is -0.493 e. The van der Waals surface area contributed by atoms with E-state index in [0.717, 1.165) is 0 Å². The molecule has 22 heavy (non-hydrogen) atoms. The van der Waals surface area contributed by atoms with Crippen LogP contribution in [0.3, 0.4) is 0 Å². The normalized spacial score (nSPS) is 10.3. The van der Waals surface area contributed by atoms with Crippen LogP contribution >= 0.6 is 15.9 Å². The second-order valence-electron chi connectivity index (χ2n) is 3.87. The van der Waals surface area contributed by atoms with E-state index >= 15 is 0 Å². The summed E-state index contributed by atoms with van der Waals surface area (Å²) in [6.07, 6.45) is 1.39. The molecule has 0 amide bonds. The quantitative estimate of drug-likeness (QED) is 0.437. The van der Waals surface area contributed by atoms with Crippen LogP contribution in [-0.2, 0) is 9.53 Å². The minimum atomic E-state index is -0.690. The Morgan fingerprint density at radius 3 is 2.68 bits per heavy atom. The SMILES string of the molecule is CCOC(=O)/C(C#N)=C/c1cc(Br)c(OCC#N)c(OC)c1. The fourth-order valence-electron chi connectivity index (χ4n) is 1.58. The second kappa shape index (κ2) is 8.71. The topological polar surface area (TPSA) is 92.3 Å². The van der Waals surface area contributed by atoms with E-state index in [2.05, 4.69) is 15.9 Å². The molecule has 0 fully saturated rings. The molecule has 0 radical (unpaired) electrons. The van der Waals surface area contributed by atoms with Crippen molar-refractivity contribution in [2.24, 2.45) is 0 Å². The van der Waals surface area contributed by atoms with Crippen molar-refractivity contribution in [3.05, 3.63) is 27.7 Å². The van der Waals surface area contributed by atoms with E-state index in [4.69, 9.17) is 24.7 Å². The monoisotopic (exact) mass is 364 g/mol. The number of carbonyl (C=O) groups excluding carboxylic acids is 1. The van der Waals surface area contributed by atoms with Gasteiger partial charge in [0, 0.05) is 0 Å². The van der Waals surface area contributed by atoms with Gasteiger partial charge in [0.2, 0.25) is 0 Å². The first-order chi connectivity index (χ1) is 10.6. The van der Waals surface area contributed by atoms with Crippen LogP contribution in [0.25, 0.3) is 6.08 Å². The molecule has 0 aliphatic rings. The fourth-order valence-corrected chi connectivity index (χ4v) is 2.15. The lowest BCUT2D eigenvalue weighted by atomic mass is 10.1. The average Bonchev–Trinajstić information content (AvgIpc) is 2.51. The third kappa shape index (κ3) is 4.51. The van der Waals surface area contributed by atoms with Crippen LogP contribution in [0.1, 0.15) is 12.5 Å². The van der Waals surface area contributed by atoms with Crippen molar-refractivity contribution in [2.45, 2.75) is 6.92 Å². The van der Waals surface area contributed by atoms with Gasteiger partial charge in [-0.3, -0.25) is 0 Å². The summed E-state index contributed by atoms with van der Waals surface area (Å²) in [5.74, 6) is 0.0535. The van der Waals surface area contributed by atoms with Crippen LogP contribution < -0.4 is 9.47 Å². The van der Waals surface area contributed by atoms with Crippen LogP contribution in [0.5, 0.6) is 11.5 Å². The number of nitrogens with zero attached hydrogens (tertiary/aromatic N) is 2. The number of esters is 1. The largest absolute Gasteiger partial charge is 0.493 e. The number of rotatable bonds is 6. The lowest BCUT2D eigenvalue weighted by Gasteiger charge is -2.11. The summed E-state index contributed by atoms with van der Waals surface area (Å²) < 4.78 is 15.8. The molecule has 0 bridgehead atoms. The Labute approximate surface area is 136 Å². The molecule has 0 unspecified atom stereocenters. The summed E-state index contributed by atoms with van der Waals surface area (Å²) in [6, 6.07) is 6.90. The molecule has 0 saturated heterocycles. The first-order valence-electron chi connectivity index (χ1n) is 6.23. The van der Waals surface area contributed by atoms with E-state index in [-0.39, 0.29) is 18.8 Å². The summed E-state index contributed by atoms with van der Waals surface area (Å²) in [6.45, 7) is 1.72. The molecule has 6 nitrogen and oxygen atoms in total. The summed E-state index contributed by atoms with van der Waals surface area (Å²) >= 11 is 3.31. The maximum absolute atomic E-state index is 11.6. The van der Waals surface area contributed by atoms with E-state index in [9.17, 15) is 4.79 Å². The maximum atomic E-state index is 11.6. The maximum Gasteiger partial charge on any atom is 0.348 e. The Balaban J connectivity index is 3.22. The highest BCUT2D eigenvalue weighted by Crippen LogP contribution is 2.37. The summed E-state index contributed by atoms with van der Waals surface area (Å²) in [7, 11) is 1.45. The lowest BCUT2D eigenvalue weighted by molar-refractivity contribution is -0.137. The molecule has 0 N–H and O–H groups in total. The van der Waals surface area contributed by atoms with Crippen molar-refractivity contribution in [3.63, 3.8) is 0 Å². The van der Waals surface area contributed by atoms with Gasteiger partial charge in [-0.1, -0.05) is 0 Å². The Kier molecular flexibility index (Phi) is 6.94. The molecule has 1 rings (SSSR count). The van der Waals surface area contributed by atoms with Gasteiger partial charge >= 0.3 is 5.97 Å². The van der Waals surface area contributed by atoms with Gasteiger partial charge in [-0.15, -0.1) is 0 Å². The van der Waals surface area contributed by atoms with Gasteiger partial charge in [-0.25, -0.2) is 4.79 Å². The third-order valence-corrected chi connectivity index (χ3v) is 3.05. The zero-order chi connectivity index (χ0) is 16.5. The molecule has 0 atom stereocenters. The Bertz CT molecular complexity index is 671. The highest BCUT2D eigenvalue weighted by molar-refractivity contribution is 9.10. The molecule has 0 heterocycles. The highest BCUT2D eigenvalue weighted by Gasteiger charge is 2.14. The van der Waals surface area contributed by atoms with Crippen molar-refractivity contribution >= 4 is 28.0 Å². The number of nitriles is 2. The smallest absolute Gasteiger partial charge is 0.348 e. The number of ether oxygens (including phenoxy) is 3. The number of benzene rings is 1. The van der Waals surface area contributed by atoms with Gasteiger partial charge in [0.15, 0.2) is 18.1 Å². The van der Waals surface area contributed by atoms with Crippen LogP contribution in [0.2, 0.25) is 0 Å². The Morgan fingerprint density at radius 2 is 2.14 bits per heavy atom. The fraction of sp³-hybridized carbons (Fsp3) is 0.267. The number of halogens is 1. The molecule has 1 aromatic carbocycles. The molecule has 0 aliphatic heterocycles. The number of methoxy groups -OCH3 is 1. The minimum absolute atomic E-state index is 0.124. The first-order valence-corrected chi connectivity index (χ1v) is 7.02. The molecule has 0 aliphatic carbocycles. The van der Waals surface area contributed by atoms with Gasteiger partial charge in [0.25, 0.3) is 0 Å². The van der Waals surface area contributed by atoms with Crippen LogP contribution in [0.15, 0.2) is 22.2 Å². The molecule has 0 saturated carbocycles. The second-order valence-corrected chi connectivity index (χ2v) is 4.73. The third-order valence-electron chi connectivity index (χ3n) is 2.46. The standard InChI is InChI=1S/C15H13BrN2O4/c1-3-21-15(19)11(9-18)6-10-7-12(16)14(22-5-4-17)13(8-10)20-2/h6-8H,3,5H2,1-2H3/b11-6+. The predicted octanol–water partition coefficient (Wildman–Crippen LogP) is 2.83. The zero-order valence-electron chi connectivity index (χ0n) is 12.1. The van der Waals surface area contributed by atoms with Gasteiger partial charge in [-0.2, -0.15) is 10.5 Å². The Hall–Kier alpha value is -2.51. The van der Waals surface area contributed by atoms with Gasteiger partial charge in [0.05, 0.1) is 18.2 Å². The van der Waals surface area contributed by atoms with E-state index in [1.807, 2.05) is 6.07 Å². The molecule has 0 aromatic heterocycles. The number of carbonyl (C=O) groups is 1. The van der Waals surface area contributed by atoms with E-state index in [1.54, 1.807) is 25.1 Å². The van der Waals surface area contributed by atoms with Crippen molar-refractivity contribution in [2.75, 3.05) is 20.3 Å². The van der Waals surface area contributed by atoms with E-state index < -0.39 is 5.97 Å². The van der Waals surface area contributed by atoms with Crippen molar-refractivity contribution in [3.8, 4) is 23.6 Å². The molecule has 114 valence electrons. The molecule has 1 aromatic rings. The summed E-state index contributed by atoms with van der Waals surface area (Å²) in [4.78, 5) is 11.6. The number of hydrogen-bond acceptors (Lipinski definition) is 6. The van der Waals surface area contributed by atoms with E-state index in [1.165, 1.54) is 13.2 Å². The van der Waals surface area contributed by atoms with Crippen molar-refractivity contribution < 1.29 is 19.0 Å². The van der Waals surface area contributed by atoms with Gasteiger partial charge in [0.1, 0.15) is 17.7 Å². The summed E-state index contributed by atoms with van der Waals surface area (Å²) in [5.41, 5.74) is 0.430. The molecule has 7 heteroatoms. The first kappa shape index (κ1) is 17.5. The van der Waals surface area contributed by atoms with Crippen molar-refractivity contribution in [1.29, 1.82) is 10.5 Å². The van der Waals surface area contributed by atoms with Crippen LogP contribution in [0, 0.1) is 22.7 Å². The average molecular weight is 365 g/mol.